The monoisotopic (exact) mass is 208 g/mol. The van der Waals surface area contributed by atoms with Crippen LogP contribution in [0.15, 0.2) is 23.0 Å². The maximum Gasteiger partial charge on any atom is 0.0947 e. The Hall–Kier alpha value is -0.800. The first kappa shape index (κ1) is 10.7. The first-order valence-electron chi connectivity index (χ1n) is 5.76. The van der Waals surface area contributed by atoms with Gasteiger partial charge in [0.1, 0.15) is 0 Å². The van der Waals surface area contributed by atoms with Crippen molar-refractivity contribution in [3.05, 3.63) is 24.2 Å². The molecule has 1 atom stereocenters. The van der Waals surface area contributed by atoms with Gasteiger partial charge >= 0.3 is 0 Å². The first-order valence-corrected chi connectivity index (χ1v) is 5.76. The molecule has 0 spiro atoms. The Kier molecular flexibility index (Phi) is 3.80. The fourth-order valence-electron chi connectivity index (χ4n) is 2.39. The van der Waals surface area contributed by atoms with E-state index in [1.165, 1.54) is 31.5 Å². The topological polar surface area (TPSA) is 28.4 Å². The van der Waals surface area contributed by atoms with E-state index in [0.29, 0.717) is 0 Å². The Morgan fingerprint density at radius 3 is 3.27 bits per heavy atom. The van der Waals surface area contributed by atoms with Crippen molar-refractivity contribution in [3.8, 4) is 0 Å². The minimum atomic E-state index is 0.815. The zero-order valence-corrected chi connectivity index (χ0v) is 9.41. The Labute approximate surface area is 91.4 Å². The average molecular weight is 208 g/mol. The van der Waals surface area contributed by atoms with E-state index in [2.05, 4.69) is 16.3 Å². The van der Waals surface area contributed by atoms with E-state index in [-0.39, 0.29) is 0 Å². The van der Waals surface area contributed by atoms with Crippen LogP contribution < -0.4 is 5.32 Å². The number of nitrogens with zero attached hydrogens (tertiary/aromatic N) is 1. The first-order chi connectivity index (χ1) is 7.38. The summed E-state index contributed by atoms with van der Waals surface area (Å²) in [7, 11) is 2.04. The number of hydrogen-bond acceptors (Lipinski definition) is 3. The van der Waals surface area contributed by atoms with E-state index in [1.54, 1.807) is 6.26 Å². The summed E-state index contributed by atoms with van der Waals surface area (Å²) in [6.07, 6.45) is 6.29. The molecule has 3 heteroatoms. The van der Waals surface area contributed by atoms with Crippen molar-refractivity contribution in [3.63, 3.8) is 0 Å². The van der Waals surface area contributed by atoms with E-state index in [4.69, 9.17) is 4.42 Å². The van der Waals surface area contributed by atoms with Crippen molar-refractivity contribution in [1.29, 1.82) is 0 Å². The maximum atomic E-state index is 5.09. The molecular formula is C12H20N2O. The number of rotatable bonds is 4. The molecule has 0 amide bonds. The molecule has 1 saturated heterocycles. The summed E-state index contributed by atoms with van der Waals surface area (Å²) in [4.78, 5) is 2.52. The van der Waals surface area contributed by atoms with Crippen LogP contribution in [0.1, 0.15) is 18.4 Å². The van der Waals surface area contributed by atoms with E-state index in [1.807, 2.05) is 13.3 Å². The minimum absolute atomic E-state index is 0.815. The number of furan rings is 1. The molecule has 1 aromatic heterocycles. The van der Waals surface area contributed by atoms with Gasteiger partial charge in [0, 0.05) is 18.7 Å². The molecule has 1 aliphatic heterocycles. The summed E-state index contributed by atoms with van der Waals surface area (Å²) < 4.78 is 5.09. The highest BCUT2D eigenvalue weighted by atomic mass is 16.3. The highest BCUT2D eigenvalue weighted by Gasteiger charge is 2.19. The molecule has 15 heavy (non-hydrogen) atoms. The van der Waals surface area contributed by atoms with E-state index in [0.717, 1.165) is 19.0 Å². The molecule has 84 valence electrons. The van der Waals surface area contributed by atoms with Crippen LogP contribution in [0.2, 0.25) is 0 Å². The second-order valence-corrected chi connectivity index (χ2v) is 4.43. The van der Waals surface area contributed by atoms with Gasteiger partial charge in [-0.1, -0.05) is 0 Å². The smallest absolute Gasteiger partial charge is 0.0947 e. The van der Waals surface area contributed by atoms with Crippen LogP contribution in [0.4, 0.5) is 0 Å². The Balaban J connectivity index is 1.82. The third kappa shape index (κ3) is 3.08. The van der Waals surface area contributed by atoms with Gasteiger partial charge in [-0.05, 0) is 45.0 Å². The zero-order chi connectivity index (χ0) is 10.5. The minimum Gasteiger partial charge on any atom is -0.472 e. The zero-order valence-electron chi connectivity index (χ0n) is 9.41. The number of nitrogens with one attached hydrogen (secondary N) is 1. The molecule has 0 saturated carbocycles. The van der Waals surface area contributed by atoms with Crippen LogP contribution in [-0.2, 0) is 6.54 Å². The van der Waals surface area contributed by atoms with Crippen LogP contribution >= 0.6 is 0 Å². The number of hydrogen-bond donors (Lipinski definition) is 1. The second-order valence-electron chi connectivity index (χ2n) is 4.43. The molecule has 1 N–H and O–H groups in total. The van der Waals surface area contributed by atoms with Crippen molar-refractivity contribution in [2.45, 2.75) is 19.4 Å². The van der Waals surface area contributed by atoms with Crippen LogP contribution in [0.5, 0.6) is 0 Å². The van der Waals surface area contributed by atoms with Gasteiger partial charge in [0.15, 0.2) is 0 Å². The summed E-state index contributed by atoms with van der Waals surface area (Å²) in [6, 6.07) is 2.06. The van der Waals surface area contributed by atoms with Crippen molar-refractivity contribution in [2.75, 3.05) is 26.7 Å². The molecule has 1 aromatic rings. The number of likely N-dealkylation sites (tertiary alicyclic amines) is 1. The van der Waals surface area contributed by atoms with E-state index in [9.17, 15) is 0 Å². The summed E-state index contributed by atoms with van der Waals surface area (Å²) in [5.41, 5.74) is 1.29. The van der Waals surface area contributed by atoms with Gasteiger partial charge in [0.25, 0.3) is 0 Å². The predicted octanol–water partition coefficient (Wildman–Crippen LogP) is 1.71. The van der Waals surface area contributed by atoms with Gasteiger partial charge in [-0.15, -0.1) is 0 Å². The summed E-state index contributed by atoms with van der Waals surface area (Å²) in [5, 5.41) is 3.27. The Morgan fingerprint density at radius 2 is 2.53 bits per heavy atom. The fourth-order valence-corrected chi connectivity index (χ4v) is 2.39. The highest BCUT2D eigenvalue weighted by Crippen LogP contribution is 2.17. The Morgan fingerprint density at radius 1 is 1.60 bits per heavy atom. The van der Waals surface area contributed by atoms with E-state index >= 15 is 0 Å². The van der Waals surface area contributed by atoms with Crippen molar-refractivity contribution >= 4 is 0 Å². The maximum absolute atomic E-state index is 5.09. The van der Waals surface area contributed by atoms with E-state index < -0.39 is 0 Å². The molecular weight excluding hydrogens is 188 g/mol. The summed E-state index contributed by atoms with van der Waals surface area (Å²) in [6.45, 7) is 4.62. The number of piperidine rings is 1. The molecule has 1 aliphatic rings. The van der Waals surface area contributed by atoms with Crippen molar-refractivity contribution in [1.82, 2.24) is 10.2 Å². The lowest BCUT2D eigenvalue weighted by Gasteiger charge is -2.32. The quantitative estimate of drug-likeness (QED) is 0.816. The van der Waals surface area contributed by atoms with Gasteiger partial charge in [-0.25, -0.2) is 0 Å². The lowest BCUT2D eigenvalue weighted by Crippen LogP contribution is -2.38. The normalized spacial score (nSPS) is 23.1. The van der Waals surface area contributed by atoms with Gasteiger partial charge in [0.2, 0.25) is 0 Å². The molecule has 0 aliphatic carbocycles. The molecule has 0 radical (unpaired) electrons. The predicted molar refractivity (Wildman–Crippen MR) is 60.6 cm³/mol. The van der Waals surface area contributed by atoms with Gasteiger partial charge < -0.3 is 9.73 Å². The van der Waals surface area contributed by atoms with Crippen LogP contribution in [-0.4, -0.2) is 31.6 Å². The van der Waals surface area contributed by atoms with Crippen molar-refractivity contribution < 1.29 is 4.42 Å². The standard InChI is InChI=1S/C12H20N2O/c1-13-7-11-3-2-5-14(8-11)9-12-4-6-15-10-12/h4,6,10-11,13H,2-3,5,7-9H2,1H3. The fraction of sp³-hybridized carbons (Fsp3) is 0.667. The molecule has 3 nitrogen and oxygen atoms in total. The molecule has 1 fully saturated rings. The van der Waals surface area contributed by atoms with Gasteiger partial charge in [-0.3, -0.25) is 4.90 Å². The van der Waals surface area contributed by atoms with Gasteiger partial charge in [0.05, 0.1) is 12.5 Å². The third-order valence-corrected chi connectivity index (χ3v) is 3.08. The van der Waals surface area contributed by atoms with Crippen LogP contribution in [0.25, 0.3) is 0 Å². The molecule has 2 heterocycles. The molecule has 2 rings (SSSR count). The summed E-state index contributed by atoms with van der Waals surface area (Å²) >= 11 is 0. The lowest BCUT2D eigenvalue weighted by atomic mass is 9.98. The second kappa shape index (κ2) is 5.33. The molecule has 1 unspecified atom stereocenters. The van der Waals surface area contributed by atoms with Crippen LogP contribution in [0, 0.1) is 5.92 Å². The van der Waals surface area contributed by atoms with Gasteiger partial charge in [-0.2, -0.15) is 0 Å². The largest absolute Gasteiger partial charge is 0.472 e. The third-order valence-electron chi connectivity index (χ3n) is 3.08. The lowest BCUT2D eigenvalue weighted by molar-refractivity contribution is 0.166. The average Bonchev–Trinajstić information content (AvgIpc) is 2.71. The molecule has 0 aromatic carbocycles. The summed E-state index contributed by atoms with van der Waals surface area (Å²) in [5.74, 6) is 0.815. The molecule has 0 bridgehead atoms. The highest BCUT2D eigenvalue weighted by molar-refractivity contribution is 5.05. The Bertz CT molecular complexity index is 269. The van der Waals surface area contributed by atoms with Crippen LogP contribution in [0.3, 0.4) is 0 Å². The van der Waals surface area contributed by atoms with Crippen molar-refractivity contribution in [2.24, 2.45) is 5.92 Å². The SMILES string of the molecule is CNCC1CCCN(Cc2ccoc2)C1.